The van der Waals surface area contributed by atoms with Crippen molar-refractivity contribution < 1.29 is 9.57 Å². The van der Waals surface area contributed by atoms with Crippen molar-refractivity contribution in [3.8, 4) is 0 Å². The molecule has 1 aliphatic rings. The van der Waals surface area contributed by atoms with E-state index in [4.69, 9.17) is 9.57 Å². The Balaban J connectivity index is 2.19. The fourth-order valence-electron chi connectivity index (χ4n) is 3.50. The fraction of sp³-hybridized carbons (Fsp3) is 0.600. The van der Waals surface area contributed by atoms with Crippen molar-refractivity contribution in [3.63, 3.8) is 0 Å². The third kappa shape index (κ3) is 4.66. The molecule has 3 heteroatoms. The van der Waals surface area contributed by atoms with Crippen LogP contribution in [0.25, 0.3) is 0 Å². The molecule has 1 fully saturated rings. The predicted molar refractivity (Wildman–Crippen MR) is 95.1 cm³/mol. The van der Waals surface area contributed by atoms with Gasteiger partial charge in [0.25, 0.3) is 0 Å². The topological polar surface area (TPSA) is 21.7 Å². The molecule has 23 heavy (non-hydrogen) atoms. The number of hydrogen-bond acceptors (Lipinski definition) is 3. The van der Waals surface area contributed by atoms with Gasteiger partial charge in [0, 0.05) is 11.1 Å². The standard InChI is InChI=1S/C20H31NO2/c1-6-15-22-16-18(17-11-8-7-9-12-17)23-21-19(2,3)13-10-14-20(21,4)5/h6-9,11-12,18H,1,10,13-16H2,2-5H3. The lowest BCUT2D eigenvalue weighted by atomic mass is 9.82. The maximum absolute atomic E-state index is 6.53. The van der Waals surface area contributed by atoms with Gasteiger partial charge in [-0.1, -0.05) is 36.4 Å². The lowest BCUT2D eigenvalue weighted by Gasteiger charge is -2.52. The zero-order chi connectivity index (χ0) is 16.9. The zero-order valence-corrected chi connectivity index (χ0v) is 15.0. The molecule has 0 saturated carbocycles. The van der Waals surface area contributed by atoms with Gasteiger partial charge in [0.05, 0.1) is 13.2 Å². The van der Waals surface area contributed by atoms with E-state index in [2.05, 4.69) is 51.5 Å². The Kier molecular flexibility index (Phi) is 6.01. The van der Waals surface area contributed by atoms with Crippen LogP contribution in [-0.2, 0) is 9.57 Å². The molecule has 1 aliphatic heterocycles. The van der Waals surface area contributed by atoms with Gasteiger partial charge in [0.15, 0.2) is 0 Å². The summed E-state index contributed by atoms with van der Waals surface area (Å²) in [5.41, 5.74) is 1.19. The lowest BCUT2D eigenvalue weighted by Crippen LogP contribution is -2.58. The smallest absolute Gasteiger partial charge is 0.128 e. The number of hydrogen-bond donors (Lipinski definition) is 0. The van der Waals surface area contributed by atoms with Gasteiger partial charge < -0.3 is 4.74 Å². The highest BCUT2D eigenvalue weighted by molar-refractivity contribution is 5.17. The number of piperidine rings is 1. The van der Waals surface area contributed by atoms with E-state index < -0.39 is 0 Å². The Morgan fingerprint density at radius 3 is 2.30 bits per heavy atom. The number of rotatable bonds is 7. The van der Waals surface area contributed by atoms with Crippen LogP contribution in [0.5, 0.6) is 0 Å². The summed E-state index contributed by atoms with van der Waals surface area (Å²) in [6.07, 6.45) is 5.20. The van der Waals surface area contributed by atoms with Gasteiger partial charge in [-0.15, -0.1) is 6.58 Å². The van der Waals surface area contributed by atoms with Crippen LogP contribution < -0.4 is 0 Å². The summed E-state index contributed by atoms with van der Waals surface area (Å²) in [5, 5.41) is 2.21. The van der Waals surface area contributed by atoms with Crippen LogP contribution in [0.15, 0.2) is 43.0 Å². The van der Waals surface area contributed by atoms with Gasteiger partial charge >= 0.3 is 0 Å². The molecule has 0 radical (unpaired) electrons. The summed E-state index contributed by atoms with van der Waals surface area (Å²) in [5.74, 6) is 0. The quantitative estimate of drug-likeness (QED) is 0.527. The Morgan fingerprint density at radius 2 is 1.74 bits per heavy atom. The van der Waals surface area contributed by atoms with Crippen LogP contribution in [0, 0.1) is 0 Å². The number of hydroxylamine groups is 2. The first-order valence-electron chi connectivity index (χ1n) is 8.57. The van der Waals surface area contributed by atoms with Crippen molar-refractivity contribution >= 4 is 0 Å². The van der Waals surface area contributed by atoms with Crippen LogP contribution in [-0.4, -0.2) is 29.4 Å². The van der Waals surface area contributed by atoms with E-state index in [1.165, 1.54) is 6.42 Å². The van der Waals surface area contributed by atoms with E-state index in [9.17, 15) is 0 Å². The average molecular weight is 317 g/mol. The largest absolute Gasteiger partial charge is 0.374 e. The Hall–Kier alpha value is -1.16. The van der Waals surface area contributed by atoms with E-state index in [1.54, 1.807) is 6.08 Å². The second-order valence-electron chi connectivity index (χ2n) is 7.60. The number of benzene rings is 1. The number of ether oxygens (including phenoxy) is 1. The van der Waals surface area contributed by atoms with Crippen molar-refractivity contribution in [2.45, 2.75) is 64.1 Å². The van der Waals surface area contributed by atoms with Crippen LogP contribution in [0.2, 0.25) is 0 Å². The average Bonchev–Trinajstić information content (AvgIpc) is 2.49. The molecule has 0 aromatic heterocycles. The van der Waals surface area contributed by atoms with Gasteiger partial charge in [-0.3, -0.25) is 4.84 Å². The molecule has 0 amide bonds. The molecule has 128 valence electrons. The summed E-state index contributed by atoms with van der Waals surface area (Å²) in [6, 6.07) is 10.3. The molecule has 1 unspecified atom stereocenters. The molecule has 1 saturated heterocycles. The molecule has 1 heterocycles. The molecular formula is C20H31NO2. The summed E-state index contributed by atoms with van der Waals surface area (Å²) >= 11 is 0. The van der Waals surface area contributed by atoms with Gasteiger partial charge in [-0.05, 0) is 52.5 Å². The third-order valence-corrected chi connectivity index (χ3v) is 4.59. The van der Waals surface area contributed by atoms with E-state index in [-0.39, 0.29) is 17.2 Å². The van der Waals surface area contributed by atoms with E-state index in [0.717, 1.165) is 18.4 Å². The van der Waals surface area contributed by atoms with E-state index in [1.807, 2.05) is 18.2 Å². The van der Waals surface area contributed by atoms with E-state index in [0.29, 0.717) is 13.2 Å². The lowest BCUT2D eigenvalue weighted by molar-refractivity contribution is -0.312. The minimum Gasteiger partial charge on any atom is -0.374 e. The highest BCUT2D eigenvalue weighted by atomic mass is 16.7. The second kappa shape index (κ2) is 7.61. The first-order valence-corrected chi connectivity index (χ1v) is 8.57. The van der Waals surface area contributed by atoms with Crippen molar-refractivity contribution in [2.75, 3.05) is 13.2 Å². The Labute approximate surface area is 141 Å². The minimum atomic E-state index is -0.104. The zero-order valence-electron chi connectivity index (χ0n) is 15.0. The van der Waals surface area contributed by atoms with Gasteiger partial charge in [-0.2, -0.15) is 5.06 Å². The number of nitrogens with zero attached hydrogens (tertiary/aromatic N) is 1. The highest BCUT2D eigenvalue weighted by Crippen LogP contribution is 2.40. The molecule has 0 bridgehead atoms. The van der Waals surface area contributed by atoms with Crippen LogP contribution in [0.4, 0.5) is 0 Å². The molecule has 3 nitrogen and oxygen atoms in total. The molecular weight excluding hydrogens is 286 g/mol. The van der Waals surface area contributed by atoms with Crippen molar-refractivity contribution in [1.82, 2.24) is 5.06 Å². The summed E-state index contributed by atoms with van der Waals surface area (Å²) in [7, 11) is 0. The third-order valence-electron chi connectivity index (χ3n) is 4.59. The monoisotopic (exact) mass is 317 g/mol. The summed E-state index contributed by atoms with van der Waals surface area (Å²) in [6.45, 7) is 13.8. The predicted octanol–water partition coefficient (Wildman–Crippen LogP) is 4.91. The maximum Gasteiger partial charge on any atom is 0.128 e. The van der Waals surface area contributed by atoms with Crippen molar-refractivity contribution in [2.24, 2.45) is 0 Å². The first-order chi connectivity index (χ1) is 10.9. The van der Waals surface area contributed by atoms with E-state index >= 15 is 0 Å². The molecule has 1 aromatic carbocycles. The Bertz CT molecular complexity index is 480. The fourth-order valence-corrected chi connectivity index (χ4v) is 3.50. The van der Waals surface area contributed by atoms with Crippen LogP contribution in [0.1, 0.15) is 58.6 Å². The molecule has 1 aromatic rings. The highest BCUT2D eigenvalue weighted by Gasteiger charge is 2.43. The maximum atomic E-state index is 6.53. The molecule has 0 spiro atoms. The van der Waals surface area contributed by atoms with Crippen LogP contribution in [0.3, 0.4) is 0 Å². The first kappa shape index (κ1) is 18.2. The summed E-state index contributed by atoms with van der Waals surface area (Å²) < 4.78 is 5.71. The SMILES string of the molecule is C=CCOCC(ON1C(C)(C)CCCC1(C)C)c1ccccc1. The van der Waals surface area contributed by atoms with Crippen molar-refractivity contribution in [3.05, 3.63) is 48.6 Å². The van der Waals surface area contributed by atoms with Gasteiger partial charge in [-0.25, -0.2) is 0 Å². The summed E-state index contributed by atoms with van der Waals surface area (Å²) in [4.78, 5) is 6.53. The van der Waals surface area contributed by atoms with Gasteiger partial charge in [0.2, 0.25) is 0 Å². The molecule has 0 N–H and O–H groups in total. The molecule has 1 atom stereocenters. The van der Waals surface area contributed by atoms with Gasteiger partial charge in [0.1, 0.15) is 6.10 Å². The minimum absolute atomic E-state index is 0.0210. The molecule has 0 aliphatic carbocycles. The normalized spacial score (nSPS) is 21.7. The second-order valence-corrected chi connectivity index (χ2v) is 7.60. The molecule has 2 rings (SSSR count). The Morgan fingerprint density at radius 1 is 1.13 bits per heavy atom. The van der Waals surface area contributed by atoms with Crippen molar-refractivity contribution in [1.29, 1.82) is 0 Å². The van der Waals surface area contributed by atoms with Crippen LogP contribution >= 0.6 is 0 Å².